The second-order valence-electron chi connectivity index (χ2n) is 3.03. The largest absolute Gasteiger partial charge is 0.132 e. The lowest BCUT2D eigenvalue weighted by atomic mass is 10.2. The second kappa shape index (κ2) is 6.87. The summed E-state index contributed by atoms with van der Waals surface area (Å²) in [6.45, 7) is 6.10. The van der Waals surface area contributed by atoms with Crippen molar-refractivity contribution in [1.82, 2.24) is 0 Å². The summed E-state index contributed by atoms with van der Waals surface area (Å²) in [6, 6.07) is 14.2. The van der Waals surface area contributed by atoms with E-state index in [4.69, 9.17) is 0 Å². The van der Waals surface area contributed by atoms with Gasteiger partial charge in [0.2, 0.25) is 0 Å². The maximum Gasteiger partial charge on any atom is 0.0775 e. The van der Waals surface area contributed by atoms with E-state index in [9.17, 15) is 0 Å². The Balaban J connectivity index is 0.000000606. The maximum absolute atomic E-state index is 3.15. The molecule has 0 amide bonds. The maximum atomic E-state index is 3.15. The van der Waals surface area contributed by atoms with Crippen LogP contribution in [0, 0.1) is 18.8 Å². The molecule has 0 saturated carbocycles. The zero-order valence-electron chi connectivity index (χ0n) is 9.95. The Labute approximate surface area is 102 Å². The van der Waals surface area contributed by atoms with Crippen molar-refractivity contribution in [2.75, 3.05) is 0 Å². The molecule has 82 valence electrons. The molecule has 0 unspecified atom stereocenters. The van der Waals surface area contributed by atoms with Crippen LogP contribution in [0.2, 0.25) is 0 Å². The fourth-order valence-corrected chi connectivity index (χ4v) is 1.88. The fourth-order valence-electron chi connectivity index (χ4n) is 1.16. The number of hydrogen-bond acceptors (Lipinski definition) is 1. The van der Waals surface area contributed by atoms with Crippen LogP contribution in [0.4, 0.5) is 0 Å². The van der Waals surface area contributed by atoms with Crippen molar-refractivity contribution in [1.29, 1.82) is 0 Å². The Kier molecular flexibility index (Phi) is 5.39. The molecule has 0 atom stereocenters. The van der Waals surface area contributed by atoms with Crippen molar-refractivity contribution in [3.63, 3.8) is 0 Å². The van der Waals surface area contributed by atoms with E-state index in [2.05, 4.69) is 30.9 Å². The zero-order valence-corrected chi connectivity index (χ0v) is 10.8. The van der Waals surface area contributed by atoms with E-state index in [1.807, 2.05) is 44.2 Å². The van der Waals surface area contributed by atoms with Gasteiger partial charge in [0.25, 0.3) is 0 Å². The van der Waals surface area contributed by atoms with Crippen LogP contribution in [0.15, 0.2) is 42.5 Å². The summed E-state index contributed by atoms with van der Waals surface area (Å²) in [5.41, 5.74) is 1.07. The van der Waals surface area contributed by atoms with E-state index >= 15 is 0 Å². The molecule has 1 heteroatoms. The van der Waals surface area contributed by atoms with E-state index in [0.717, 1.165) is 10.4 Å². The summed E-state index contributed by atoms with van der Waals surface area (Å²) in [5.74, 6) is 6.28. The molecular formula is C15H16S. The van der Waals surface area contributed by atoms with E-state index in [1.165, 1.54) is 4.88 Å². The minimum absolute atomic E-state index is 1.07. The molecular weight excluding hydrogens is 212 g/mol. The molecule has 2 aromatic rings. The highest BCUT2D eigenvalue weighted by Crippen LogP contribution is 2.13. The summed E-state index contributed by atoms with van der Waals surface area (Å²) in [7, 11) is 0. The summed E-state index contributed by atoms with van der Waals surface area (Å²) in [5, 5.41) is 0. The number of thiophene rings is 1. The normalized spacial score (nSPS) is 8.44. The van der Waals surface area contributed by atoms with Gasteiger partial charge in [0.15, 0.2) is 0 Å². The number of hydrogen-bond donors (Lipinski definition) is 0. The number of benzene rings is 1. The van der Waals surface area contributed by atoms with Crippen LogP contribution in [0.5, 0.6) is 0 Å². The second-order valence-corrected chi connectivity index (χ2v) is 4.31. The van der Waals surface area contributed by atoms with E-state index < -0.39 is 0 Å². The zero-order chi connectivity index (χ0) is 11.8. The van der Waals surface area contributed by atoms with E-state index in [-0.39, 0.29) is 0 Å². The van der Waals surface area contributed by atoms with Crippen LogP contribution >= 0.6 is 11.3 Å². The van der Waals surface area contributed by atoms with Crippen LogP contribution < -0.4 is 0 Å². The summed E-state index contributed by atoms with van der Waals surface area (Å²) < 4.78 is 0. The Morgan fingerprint density at radius 2 is 1.56 bits per heavy atom. The van der Waals surface area contributed by atoms with Crippen molar-refractivity contribution >= 4 is 11.3 Å². The van der Waals surface area contributed by atoms with Crippen LogP contribution in [0.25, 0.3) is 0 Å². The summed E-state index contributed by atoms with van der Waals surface area (Å²) in [4.78, 5) is 2.44. The fraction of sp³-hybridized carbons (Fsp3) is 0.200. The molecule has 0 bridgehead atoms. The van der Waals surface area contributed by atoms with Crippen molar-refractivity contribution in [2.24, 2.45) is 0 Å². The molecule has 0 nitrogen and oxygen atoms in total. The Morgan fingerprint density at radius 3 is 2.12 bits per heavy atom. The van der Waals surface area contributed by atoms with Gasteiger partial charge in [-0.25, -0.2) is 0 Å². The summed E-state index contributed by atoms with van der Waals surface area (Å²) >= 11 is 1.73. The van der Waals surface area contributed by atoms with Gasteiger partial charge >= 0.3 is 0 Å². The average Bonchev–Trinajstić information content (AvgIpc) is 2.77. The monoisotopic (exact) mass is 228 g/mol. The first-order valence-electron chi connectivity index (χ1n) is 5.48. The minimum atomic E-state index is 1.07. The lowest BCUT2D eigenvalue weighted by Gasteiger charge is -1.85. The molecule has 0 aliphatic heterocycles. The molecule has 0 saturated heterocycles. The quantitative estimate of drug-likeness (QED) is 0.583. The molecule has 0 N–H and O–H groups in total. The molecule has 0 aliphatic carbocycles. The predicted molar refractivity (Wildman–Crippen MR) is 72.8 cm³/mol. The van der Waals surface area contributed by atoms with Crippen molar-refractivity contribution in [3.05, 3.63) is 57.8 Å². The molecule has 0 radical (unpaired) electrons. The van der Waals surface area contributed by atoms with Gasteiger partial charge in [0.1, 0.15) is 0 Å². The standard InChI is InChI=1S/C13H10S.C2H6/c1-11-7-9-13(14-11)10-8-12-5-3-2-4-6-12;1-2/h2-7,9H,1H3;1-2H3. The number of aryl methyl sites for hydroxylation is 1. The molecule has 1 heterocycles. The summed E-state index contributed by atoms with van der Waals surface area (Å²) in [6.07, 6.45) is 0. The highest BCUT2D eigenvalue weighted by atomic mass is 32.1. The molecule has 16 heavy (non-hydrogen) atoms. The first kappa shape index (κ1) is 12.5. The highest BCUT2D eigenvalue weighted by Gasteiger charge is 1.90. The van der Waals surface area contributed by atoms with Gasteiger partial charge in [0.05, 0.1) is 4.88 Å². The Morgan fingerprint density at radius 1 is 0.875 bits per heavy atom. The molecule has 1 aromatic carbocycles. The lowest BCUT2D eigenvalue weighted by molar-refractivity contribution is 1.50. The molecule has 2 rings (SSSR count). The van der Waals surface area contributed by atoms with Gasteiger partial charge in [-0.3, -0.25) is 0 Å². The predicted octanol–water partition coefficient (Wildman–Crippen LogP) is 4.48. The first-order chi connectivity index (χ1) is 7.84. The minimum Gasteiger partial charge on any atom is -0.132 e. The molecule has 0 spiro atoms. The van der Waals surface area contributed by atoms with Crippen molar-refractivity contribution in [2.45, 2.75) is 20.8 Å². The van der Waals surface area contributed by atoms with E-state index in [0.29, 0.717) is 0 Å². The Hall–Kier alpha value is -1.52. The average molecular weight is 228 g/mol. The third-order valence-corrected chi connectivity index (χ3v) is 2.76. The van der Waals surface area contributed by atoms with Gasteiger partial charge in [0, 0.05) is 10.4 Å². The van der Waals surface area contributed by atoms with Gasteiger partial charge in [-0.1, -0.05) is 43.9 Å². The third-order valence-electron chi connectivity index (χ3n) is 1.84. The molecule has 0 aliphatic rings. The van der Waals surface area contributed by atoms with Crippen LogP contribution in [0.1, 0.15) is 29.2 Å². The van der Waals surface area contributed by atoms with Crippen molar-refractivity contribution in [3.8, 4) is 11.8 Å². The SMILES string of the molecule is CC.Cc1ccc(C#Cc2ccccc2)s1. The third kappa shape index (κ3) is 3.92. The number of rotatable bonds is 0. The highest BCUT2D eigenvalue weighted by molar-refractivity contribution is 7.12. The van der Waals surface area contributed by atoms with E-state index in [1.54, 1.807) is 11.3 Å². The van der Waals surface area contributed by atoms with Crippen molar-refractivity contribution < 1.29 is 0 Å². The topological polar surface area (TPSA) is 0 Å². The van der Waals surface area contributed by atoms with Gasteiger partial charge in [-0.05, 0) is 31.2 Å². The smallest absolute Gasteiger partial charge is 0.0775 e. The molecule has 0 fully saturated rings. The Bertz CT molecular complexity index is 469. The molecule has 1 aromatic heterocycles. The van der Waals surface area contributed by atoms with Gasteiger partial charge in [-0.15, -0.1) is 11.3 Å². The lowest BCUT2D eigenvalue weighted by Crippen LogP contribution is -1.70. The van der Waals surface area contributed by atoms with Crippen LogP contribution in [-0.4, -0.2) is 0 Å². The first-order valence-corrected chi connectivity index (χ1v) is 6.30. The van der Waals surface area contributed by atoms with Gasteiger partial charge < -0.3 is 0 Å². The van der Waals surface area contributed by atoms with Crippen LogP contribution in [-0.2, 0) is 0 Å². The van der Waals surface area contributed by atoms with Gasteiger partial charge in [-0.2, -0.15) is 0 Å². The van der Waals surface area contributed by atoms with Crippen LogP contribution in [0.3, 0.4) is 0 Å².